The third-order valence-corrected chi connectivity index (χ3v) is 9.67. The van der Waals surface area contributed by atoms with E-state index >= 15 is 0 Å². The van der Waals surface area contributed by atoms with Crippen LogP contribution in [-0.4, -0.2) is 0 Å². The standard InChI is InChI=1S/C44H36N2O2/c1-5-13-41-37(9-1)45(38-10-2-6-14-42(38)47-41)35-25-21-33(22-26-35)29-31-17-19-32(20-18-31)30-34-23-27-36(28-24-34)46-39-11-3-7-15-43(39)48-44-16-8-4-12-40(44)46/h1-7,9-15,17-21,23-25,27-28H,8,16,22,26,29-30H2. The quantitative estimate of drug-likeness (QED) is 0.188. The first kappa shape index (κ1) is 28.5. The van der Waals surface area contributed by atoms with Crippen LogP contribution in [0.4, 0.5) is 22.7 Å². The fourth-order valence-electron chi connectivity index (χ4n) is 7.25. The summed E-state index contributed by atoms with van der Waals surface area (Å²) in [5.74, 6) is 3.78. The normalized spacial score (nSPS) is 16.1. The van der Waals surface area contributed by atoms with Crippen LogP contribution in [0.2, 0.25) is 0 Å². The highest BCUT2D eigenvalue weighted by Gasteiger charge is 2.29. The van der Waals surface area contributed by atoms with E-state index in [0.717, 1.165) is 90.0 Å². The smallest absolute Gasteiger partial charge is 0.151 e. The van der Waals surface area contributed by atoms with Crippen molar-refractivity contribution in [2.24, 2.45) is 0 Å². The van der Waals surface area contributed by atoms with Gasteiger partial charge < -0.3 is 19.3 Å². The Hall–Kier alpha value is -5.74. The zero-order valence-corrected chi connectivity index (χ0v) is 26.8. The molecule has 2 aliphatic carbocycles. The zero-order chi connectivity index (χ0) is 31.9. The number of anilines is 4. The predicted molar refractivity (Wildman–Crippen MR) is 194 cm³/mol. The van der Waals surface area contributed by atoms with Gasteiger partial charge in [0.15, 0.2) is 17.2 Å². The van der Waals surface area contributed by atoms with E-state index in [2.05, 4.69) is 125 Å². The lowest BCUT2D eigenvalue weighted by atomic mass is 9.94. The number of nitrogens with zero attached hydrogens (tertiary/aromatic N) is 2. The molecule has 0 atom stereocenters. The molecule has 9 rings (SSSR count). The molecular formula is C44H36N2O2. The van der Waals surface area contributed by atoms with Crippen LogP contribution in [0.15, 0.2) is 168 Å². The molecule has 4 aliphatic rings. The Balaban J connectivity index is 0.885. The average molecular weight is 625 g/mol. The Morgan fingerprint density at radius 1 is 0.500 bits per heavy atom. The summed E-state index contributed by atoms with van der Waals surface area (Å²) in [5.41, 5.74) is 12.3. The highest BCUT2D eigenvalue weighted by atomic mass is 16.5. The molecule has 0 fully saturated rings. The number of para-hydroxylation sites is 6. The topological polar surface area (TPSA) is 24.9 Å². The van der Waals surface area contributed by atoms with E-state index in [0.29, 0.717) is 0 Å². The molecule has 4 nitrogen and oxygen atoms in total. The Morgan fingerprint density at radius 2 is 1.06 bits per heavy atom. The Kier molecular flexibility index (Phi) is 7.20. The molecule has 0 saturated carbocycles. The Labute approximate surface area is 282 Å². The summed E-state index contributed by atoms with van der Waals surface area (Å²) in [6, 6.07) is 43.1. The van der Waals surface area contributed by atoms with Gasteiger partial charge in [0.25, 0.3) is 0 Å². The monoisotopic (exact) mass is 624 g/mol. The van der Waals surface area contributed by atoms with E-state index in [4.69, 9.17) is 9.47 Å². The van der Waals surface area contributed by atoms with Gasteiger partial charge in [-0.05, 0) is 109 Å². The van der Waals surface area contributed by atoms with Crippen molar-refractivity contribution in [3.05, 3.63) is 185 Å². The summed E-state index contributed by atoms with van der Waals surface area (Å²) in [6.45, 7) is 0. The maximum absolute atomic E-state index is 6.28. The van der Waals surface area contributed by atoms with E-state index in [1.54, 1.807) is 0 Å². The minimum Gasteiger partial charge on any atom is -0.457 e. The van der Waals surface area contributed by atoms with Gasteiger partial charge in [-0.15, -0.1) is 0 Å². The largest absolute Gasteiger partial charge is 0.457 e. The second-order valence-corrected chi connectivity index (χ2v) is 12.8. The van der Waals surface area contributed by atoms with Crippen LogP contribution in [0, 0.1) is 0 Å². The van der Waals surface area contributed by atoms with Gasteiger partial charge in [0, 0.05) is 17.8 Å². The molecule has 0 radical (unpaired) electrons. The first-order valence-corrected chi connectivity index (χ1v) is 16.9. The molecule has 0 aromatic heterocycles. The SMILES string of the molecule is C1=CC2=C(CC1)Oc1ccccc1N2c1ccc(Cc2ccc(CC3=CC=C(N4c5ccccc5Oc5ccccc54)CC3)cc2)cc1. The first-order chi connectivity index (χ1) is 23.8. The molecule has 0 bridgehead atoms. The highest BCUT2D eigenvalue weighted by Crippen LogP contribution is 2.49. The van der Waals surface area contributed by atoms with Crippen LogP contribution in [0.25, 0.3) is 0 Å². The van der Waals surface area contributed by atoms with Crippen LogP contribution in [0.1, 0.15) is 42.4 Å². The minimum atomic E-state index is 0.902. The fraction of sp³-hybridized carbons (Fsp3) is 0.136. The summed E-state index contributed by atoms with van der Waals surface area (Å²) >= 11 is 0. The molecule has 0 saturated heterocycles. The van der Waals surface area contributed by atoms with Crippen molar-refractivity contribution in [3.8, 4) is 17.2 Å². The number of ether oxygens (including phenoxy) is 2. The lowest BCUT2D eigenvalue weighted by Crippen LogP contribution is -2.24. The minimum absolute atomic E-state index is 0.902. The molecule has 234 valence electrons. The second-order valence-electron chi connectivity index (χ2n) is 12.8. The molecule has 2 aliphatic heterocycles. The molecule has 4 heteroatoms. The summed E-state index contributed by atoms with van der Waals surface area (Å²) in [5, 5.41) is 0. The maximum Gasteiger partial charge on any atom is 0.151 e. The number of hydrogen-bond acceptors (Lipinski definition) is 4. The summed E-state index contributed by atoms with van der Waals surface area (Å²) in [4.78, 5) is 4.70. The van der Waals surface area contributed by atoms with E-state index < -0.39 is 0 Å². The van der Waals surface area contributed by atoms with Gasteiger partial charge in [-0.2, -0.15) is 0 Å². The number of benzene rings is 5. The van der Waals surface area contributed by atoms with Gasteiger partial charge in [-0.1, -0.05) is 90.5 Å². The van der Waals surface area contributed by atoms with Gasteiger partial charge >= 0.3 is 0 Å². The second kappa shape index (κ2) is 12.1. The molecule has 0 N–H and O–H groups in total. The van der Waals surface area contributed by atoms with Crippen molar-refractivity contribution in [1.29, 1.82) is 0 Å². The molecule has 0 spiro atoms. The van der Waals surface area contributed by atoms with Crippen LogP contribution in [-0.2, 0) is 12.8 Å². The van der Waals surface area contributed by atoms with Crippen molar-refractivity contribution in [3.63, 3.8) is 0 Å². The van der Waals surface area contributed by atoms with Crippen molar-refractivity contribution in [2.45, 2.75) is 38.5 Å². The lowest BCUT2D eigenvalue weighted by Gasteiger charge is -2.35. The van der Waals surface area contributed by atoms with Crippen molar-refractivity contribution < 1.29 is 9.47 Å². The lowest BCUT2D eigenvalue weighted by molar-refractivity contribution is 0.388. The van der Waals surface area contributed by atoms with Crippen LogP contribution in [0.3, 0.4) is 0 Å². The molecule has 5 aromatic rings. The number of fused-ring (bicyclic) bond motifs is 3. The fourth-order valence-corrected chi connectivity index (χ4v) is 7.25. The van der Waals surface area contributed by atoms with Crippen LogP contribution in [0.5, 0.6) is 17.2 Å². The third kappa shape index (κ3) is 5.29. The molecule has 48 heavy (non-hydrogen) atoms. The Morgan fingerprint density at radius 3 is 1.69 bits per heavy atom. The summed E-state index contributed by atoms with van der Waals surface area (Å²) in [6.07, 6.45) is 14.9. The number of hydrogen-bond donors (Lipinski definition) is 0. The van der Waals surface area contributed by atoms with Gasteiger partial charge in [0.05, 0.1) is 22.8 Å². The first-order valence-electron chi connectivity index (χ1n) is 16.9. The van der Waals surface area contributed by atoms with Crippen LogP contribution < -0.4 is 19.3 Å². The molecule has 0 unspecified atom stereocenters. The Bertz CT molecular complexity index is 2090. The van der Waals surface area contributed by atoms with E-state index in [9.17, 15) is 0 Å². The number of allylic oxidation sites excluding steroid dienone is 7. The molecule has 5 aromatic carbocycles. The molecule has 0 amide bonds. The van der Waals surface area contributed by atoms with Crippen molar-refractivity contribution in [2.75, 3.05) is 9.80 Å². The van der Waals surface area contributed by atoms with Gasteiger partial charge in [0.2, 0.25) is 0 Å². The molecule has 2 heterocycles. The molecular weight excluding hydrogens is 588 g/mol. The van der Waals surface area contributed by atoms with E-state index in [1.807, 2.05) is 30.3 Å². The number of rotatable bonds is 6. The average Bonchev–Trinajstić information content (AvgIpc) is 3.14. The maximum atomic E-state index is 6.28. The summed E-state index contributed by atoms with van der Waals surface area (Å²) in [7, 11) is 0. The predicted octanol–water partition coefficient (Wildman–Crippen LogP) is 11.5. The van der Waals surface area contributed by atoms with Gasteiger partial charge in [-0.3, -0.25) is 0 Å². The van der Waals surface area contributed by atoms with Crippen molar-refractivity contribution in [1.82, 2.24) is 0 Å². The third-order valence-electron chi connectivity index (χ3n) is 9.67. The van der Waals surface area contributed by atoms with E-state index in [1.165, 1.54) is 28.0 Å². The summed E-state index contributed by atoms with van der Waals surface area (Å²) < 4.78 is 12.5. The van der Waals surface area contributed by atoms with Crippen molar-refractivity contribution >= 4 is 22.7 Å². The zero-order valence-electron chi connectivity index (χ0n) is 26.8. The van der Waals surface area contributed by atoms with Crippen LogP contribution >= 0.6 is 0 Å². The van der Waals surface area contributed by atoms with Gasteiger partial charge in [-0.25, -0.2) is 0 Å². The van der Waals surface area contributed by atoms with E-state index in [-0.39, 0.29) is 0 Å². The highest BCUT2D eigenvalue weighted by molar-refractivity contribution is 5.81. The van der Waals surface area contributed by atoms with Gasteiger partial charge in [0.1, 0.15) is 5.76 Å².